The van der Waals surface area contributed by atoms with Gasteiger partial charge in [-0.1, -0.05) is 13.8 Å². The summed E-state index contributed by atoms with van der Waals surface area (Å²) in [5.41, 5.74) is 0.469. The van der Waals surface area contributed by atoms with Crippen molar-refractivity contribution in [2.75, 3.05) is 45.8 Å². The molecule has 2 heterocycles. The summed E-state index contributed by atoms with van der Waals surface area (Å²) in [5, 5.41) is 3.29. The van der Waals surface area contributed by atoms with Crippen molar-refractivity contribution in [3.8, 4) is 0 Å². The molecule has 1 unspecified atom stereocenters. The number of carbonyl (C=O) groups is 1. The molecule has 0 aromatic rings. The molecule has 1 atom stereocenters. The summed E-state index contributed by atoms with van der Waals surface area (Å²) in [6, 6.07) is 0. The molecule has 0 radical (unpaired) electrons. The van der Waals surface area contributed by atoms with Crippen LogP contribution in [0, 0.1) is 5.41 Å². The van der Waals surface area contributed by atoms with Gasteiger partial charge in [0.2, 0.25) is 5.91 Å². The molecule has 0 bridgehead atoms. The van der Waals surface area contributed by atoms with E-state index in [2.05, 4.69) is 24.1 Å². The van der Waals surface area contributed by atoms with Crippen LogP contribution in [0.25, 0.3) is 0 Å². The maximum Gasteiger partial charge on any atom is 0.223 e. The average Bonchev–Trinajstić information content (AvgIpc) is 2.46. The standard InChI is InChI=1S/C15H29N3O.ClH/c1-3-15(2)6-4-9-17(13-15)10-5-14(19)18-11-7-16-8-12-18;/h16H,3-13H2,1-2H3;1H. The number of nitrogens with zero attached hydrogens (tertiary/aromatic N) is 2. The fraction of sp³-hybridized carbons (Fsp3) is 0.933. The van der Waals surface area contributed by atoms with Crippen LogP contribution in [0.4, 0.5) is 0 Å². The minimum atomic E-state index is 0. The van der Waals surface area contributed by atoms with E-state index in [1.54, 1.807) is 0 Å². The molecule has 0 aromatic carbocycles. The van der Waals surface area contributed by atoms with Gasteiger partial charge < -0.3 is 15.1 Å². The van der Waals surface area contributed by atoms with Crippen molar-refractivity contribution in [2.45, 2.75) is 39.5 Å². The number of hydrogen-bond donors (Lipinski definition) is 1. The Balaban J connectivity index is 0.00000200. The Morgan fingerprint density at radius 1 is 1.25 bits per heavy atom. The van der Waals surface area contributed by atoms with Crippen LogP contribution < -0.4 is 5.32 Å². The van der Waals surface area contributed by atoms with Gasteiger partial charge in [0, 0.05) is 45.7 Å². The summed E-state index contributed by atoms with van der Waals surface area (Å²) in [4.78, 5) is 16.6. The highest BCUT2D eigenvalue weighted by Crippen LogP contribution is 2.32. The topological polar surface area (TPSA) is 35.6 Å². The van der Waals surface area contributed by atoms with E-state index in [9.17, 15) is 4.79 Å². The van der Waals surface area contributed by atoms with Crippen LogP contribution in [-0.4, -0.2) is 61.5 Å². The first-order chi connectivity index (χ1) is 9.13. The molecule has 2 rings (SSSR count). The normalized spacial score (nSPS) is 28.0. The minimum absolute atomic E-state index is 0. The summed E-state index contributed by atoms with van der Waals surface area (Å²) in [6.45, 7) is 11.6. The summed E-state index contributed by atoms with van der Waals surface area (Å²) >= 11 is 0. The van der Waals surface area contributed by atoms with Gasteiger partial charge in [0.05, 0.1) is 0 Å². The lowest BCUT2D eigenvalue weighted by Gasteiger charge is -2.40. The number of hydrogen-bond acceptors (Lipinski definition) is 3. The molecule has 1 N–H and O–H groups in total. The van der Waals surface area contributed by atoms with Crippen LogP contribution in [0.5, 0.6) is 0 Å². The van der Waals surface area contributed by atoms with Crippen molar-refractivity contribution >= 4 is 18.3 Å². The number of amides is 1. The lowest BCUT2D eigenvalue weighted by Crippen LogP contribution is -2.48. The van der Waals surface area contributed by atoms with Gasteiger partial charge in [0.25, 0.3) is 0 Å². The second-order valence-corrected chi connectivity index (χ2v) is 6.42. The number of halogens is 1. The van der Waals surface area contributed by atoms with E-state index in [-0.39, 0.29) is 12.4 Å². The highest BCUT2D eigenvalue weighted by Gasteiger charge is 2.29. The van der Waals surface area contributed by atoms with E-state index in [0.29, 0.717) is 17.7 Å². The second-order valence-electron chi connectivity index (χ2n) is 6.42. The zero-order chi connectivity index (χ0) is 13.7. The van der Waals surface area contributed by atoms with Crippen molar-refractivity contribution in [3.05, 3.63) is 0 Å². The molecule has 5 heteroatoms. The average molecular weight is 304 g/mol. The molecule has 0 aliphatic carbocycles. The van der Waals surface area contributed by atoms with Crippen LogP contribution >= 0.6 is 12.4 Å². The van der Waals surface area contributed by atoms with Crippen molar-refractivity contribution in [2.24, 2.45) is 5.41 Å². The lowest BCUT2D eigenvalue weighted by atomic mass is 9.79. The number of carbonyl (C=O) groups excluding carboxylic acids is 1. The maximum absolute atomic E-state index is 12.1. The van der Waals surface area contributed by atoms with E-state index in [0.717, 1.165) is 32.7 Å². The van der Waals surface area contributed by atoms with Gasteiger partial charge in [0.15, 0.2) is 0 Å². The number of nitrogens with one attached hydrogen (secondary N) is 1. The molecule has 2 aliphatic heterocycles. The zero-order valence-corrected chi connectivity index (χ0v) is 13.8. The van der Waals surface area contributed by atoms with E-state index in [1.807, 2.05) is 4.90 Å². The van der Waals surface area contributed by atoms with Crippen LogP contribution in [0.1, 0.15) is 39.5 Å². The Morgan fingerprint density at radius 3 is 2.60 bits per heavy atom. The first-order valence-electron chi connectivity index (χ1n) is 7.84. The smallest absolute Gasteiger partial charge is 0.223 e. The molecule has 0 saturated carbocycles. The molecule has 20 heavy (non-hydrogen) atoms. The van der Waals surface area contributed by atoms with Gasteiger partial charge in [-0.25, -0.2) is 0 Å². The molecule has 2 saturated heterocycles. The van der Waals surface area contributed by atoms with E-state index in [4.69, 9.17) is 0 Å². The van der Waals surface area contributed by atoms with Crippen LogP contribution in [0.2, 0.25) is 0 Å². The largest absolute Gasteiger partial charge is 0.340 e. The predicted molar refractivity (Wildman–Crippen MR) is 85.4 cm³/mol. The van der Waals surface area contributed by atoms with Gasteiger partial charge >= 0.3 is 0 Å². The van der Waals surface area contributed by atoms with Crippen molar-refractivity contribution in [1.29, 1.82) is 0 Å². The Kier molecular flexibility index (Phi) is 7.27. The molecule has 4 nitrogen and oxygen atoms in total. The summed E-state index contributed by atoms with van der Waals surface area (Å²) in [7, 11) is 0. The molecule has 0 spiro atoms. The maximum atomic E-state index is 12.1. The summed E-state index contributed by atoms with van der Waals surface area (Å²) in [6.07, 6.45) is 4.56. The number of rotatable bonds is 4. The zero-order valence-electron chi connectivity index (χ0n) is 13.0. The fourth-order valence-corrected chi connectivity index (χ4v) is 3.23. The van der Waals surface area contributed by atoms with Gasteiger partial charge in [-0.3, -0.25) is 4.79 Å². The Hall–Kier alpha value is -0.320. The Bertz CT molecular complexity index is 307. The van der Waals surface area contributed by atoms with E-state index >= 15 is 0 Å². The van der Waals surface area contributed by atoms with Crippen molar-refractivity contribution in [3.63, 3.8) is 0 Å². The third-order valence-electron chi connectivity index (χ3n) is 4.83. The predicted octanol–water partition coefficient (Wildman–Crippen LogP) is 1.74. The number of likely N-dealkylation sites (tertiary alicyclic amines) is 1. The molecule has 2 aliphatic rings. The SMILES string of the molecule is CCC1(C)CCCN(CCC(=O)N2CCNCC2)C1.Cl. The number of piperazine rings is 1. The van der Waals surface area contributed by atoms with E-state index < -0.39 is 0 Å². The quantitative estimate of drug-likeness (QED) is 0.859. The molecule has 0 aromatic heterocycles. The monoisotopic (exact) mass is 303 g/mol. The first kappa shape index (κ1) is 17.7. The molecule has 2 fully saturated rings. The number of piperidine rings is 1. The van der Waals surface area contributed by atoms with Crippen LogP contribution in [-0.2, 0) is 4.79 Å². The first-order valence-corrected chi connectivity index (χ1v) is 7.84. The van der Waals surface area contributed by atoms with Crippen LogP contribution in [0.15, 0.2) is 0 Å². The third-order valence-corrected chi connectivity index (χ3v) is 4.83. The summed E-state index contributed by atoms with van der Waals surface area (Å²) in [5.74, 6) is 0.338. The summed E-state index contributed by atoms with van der Waals surface area (Å²) < 4.78 is 0. The van der Waals surface area contributed by atoms with E-state index in [1.165, 1.54) is 32.4 Å². The molecular weight excluding hydrogens is 274 g/mol. The molecule has 1 amide bonds. The Morgan fingerprint density at radius 2 is 1.95 bits per heavy atom. The van der Waals surface area contributed by atoms with Gasteiger partial charge in [0.1, 0.15) is 0 Å². The third kappa shape index (κ3) is 4.90. The molecule has 118 valence electrons. The molecular formula is C15H30ClN3O. The van der Waals surface area contributed by atoms with Crippen LogP contribution in [0.3, 0.4) is 0 Å². The van der Waals surface area contributed by atoms with Crippen molar-refractivity contribution < 1.29 is 4.79 Å². The lowest BCUT2D eigenvalue weighted by molar-refractivity contribution is -0.132. The fourth-order valence-electron chi connectivity index (χ4n) is 3.23. The second kappa shape index (κ2) is 8.20. The van der Waals surface area contributed by atoms with Gasteiger partial charge in [-0.05, 0) is 31.2 Å². The van der Waals surface area contributed by atoms with Gasteiger partial charge in [-0.2, -0.15) is 0 Å². The highest BCUT2D eigenvalue weighted by molar-refractivity contribution is 5.85. The highest BCUT2D eigenvalue weighted by atomic mass is 35.5. The Labute approximate surface area is 129 Å². The van der Waals surface area contributed by atoms with Gasteiger partial charge in [-0.15, -0.1) is 12.4 Å². The minimum Gasteiger partial charge on any atom is -0.340 e. The van der Waals surface area contributed by atoms with Crippen molar-refractivity contribution in [1.82, 2.24) is 15.1 Å².